The van der Waals surface area contributed by atoms with Crippen molar-refractivity contribution < 1.29 is 9.59 Å². The fraction of sp³-hybridized carbons (Fsp3) is 0.474. The summed E-state index contributed by atoms with van der Waals surface area (Å²) in [4.78, 5) is 30.0. The van der Waals surface area contributed by atoms with Gasteiger partial charge in [-0.05, 0) is 43.9 Å². The van der Waals surface area contributed by atoms with E-state index < -0.39 is 0 Å². The third-order valence-electron chi connectivity index (χ3n) is 4.83. The lowest BCUT2D eigenvalue weighted by Gasteiger charge is -2.36. The first-order valence-corrected chi connectivity index (χ1v) is 9.40. The van der Waals surface area contributed by atoms with Gasteiger partial charge in [-0.3, -0.25) is 14.3 Å². The van der Waals surface area contributed by atoms with Crippen LogP contribution in [0.4, 0.5) is 5.82 Å². The summed E-state index contributed by atoms with van der Waals surface area (Å²) in [7, 11) is 0. The van der Waals surface area contributed by atoms with E-state index in [4.69, 9.17) is 5.73 Å². The molecule has 1 saturated heterocycles. The van der Waals surface area contributed by atoms with Gasteiger partial charge in [0.25, 0.3) is 5.91 Å². The Morgan fingerprint density at radius 1 is 1.30 bits per heavy atom. The predicted octanol–water partition coefficient (Wildman–Crippen LogP) is 1.65. The van der Waals surface area contributed by atoms with Crippen molar-refractivity contribution >= 4 is 17.6 Å². The van der Waals surface area contributed by atoms with Gasteiger partial charge in [-0.2, -0.15) is 5.10 Å². The fourth-order valence-electron chi connectivity index (χ4n) is 3.39. The number of nitrogens with two attached hydrogens (primary N) is 1. The van der Waals surface area contributed by atoms with Crippen LogP contribution in [0.5, 0.6) is 0 Å². The molecule has 2 amide bonds. The molecule has 0 saturated carbocycles. The second-order valence-corrected chi connectivity index (χ2v) is 6.78. The van der Waals surface area contributed by atoms with Gasteiger partial charge in [0.1, 0.15) is 5.82 Å². The monoisotopic (exact) mass is 370 g/mol. The number of nitrogens with zero attached hydrogens (tertiary/aromatic N) is 4. The van der Waals surface area contributed by atoms with Gasteiger partial charge in [-0.1, -0.05) is 0 Å². The van der Waals surface area contributed by atoms with Crippen molar-refractivity contribution in [3.63, 3.8) is 0 Å². The number of nitrogens with one attached hydrogen (secondary N) is 1. The Hall–Kier alpha value is -2.90. The Kier molecular flexibility index (Phi) is 6.40. The smallest absolute Gasteiger partial charge is 0.255 e. The predicted molar refractivity (Wildman–Crippen MR) is 102 cm³/mol. The van der Waals surface area contributed by atoms with Gasteiger partial charge in [-0.25, -0.2) is 4.98 Å². The number of rotatable bonds is 8. The van der Waals surface area contributed by atoms with Crippen LogP contribution in [0.2, 0.25) is 0 Å². The molecule has 144 valence electrons. The molecule has 2 aromatic rings. The molecule has 1 fully saturated rings. The van der Waals surface area contributed by atoms with Crippen molar-refractivity contribution in [2.45, 2.75) is 44.7 Å². The van der Waals surface area contributed by atoms with Gasteiger partial charge in [0, 0.05) is 50.7 Å². The number of aryl methyl sites for hydroxylation is 1. The lowest BCUT2D eigenvalue weighted by molar-refractivity contribution is -0.117. The number of hydrogen-bond donors (Lipinski definition) is 2. The zero-order valence-electron chi connectivity index (χ0n) is 15.4. The van der Waals surface area contributed by atoms with Crippen LogP contribution >= 0.6 is 0 Å². The third-order valence-corrected chi connectivity index (χ3v) is 4.83. The molecule has 8 nitrogen and oxygen atoms in total. The Bertz CT molecular complexity index is 744. The first-order valence-electron chi connectivity index (χ1n) is 9.40. The Morgan fingerprint density at radius 2 is 2.19 bits per heavy atom. The van der Waals surface area contributed by atoms with Crippen LogP contribution in [-0.2, 0) is 11.3 Å². The lowest BCUT2D eigenvalue weighted by Crippen LogP contribution is -2.44. The molecule has 1 aliphatic rings. The highest BCUT2D eigenvalue weighted by molar-refractivity contribution is 5.94. The van der Waals surface area contributed by atoms with E-state index in [-0.39, 0.29) is 24.3 Å². The summed E-state index contributed by atoms with van der Waals surface area (Å²) in [6.45, 7) is 2.01. The van der Waals surface area contributed by atoms with Crippen LogP contribution in [0, 0.1) is 0 Å². The number of carbonyl (C=O) groups is 2. The van der Waals surface area contributed by atoms with Crippen LogP contribution < -0.4 is 11.1 Å². The minimum Gasteiger partial charge on any atom is -0.370 e. The van der Waals surface area contributed by atoms with Crippen LogP contribution in [-0.4, -0.2) is 50.6 Å². The number of anilines is 1. The molecule has 1 atom stereocenters. The average Bonchev–Trinajstić information content (AvgIpc) is 3.20. The summed E-state index contributed by atoms with van der Waals surface area (Å²) >= 11 is 0. The average molecular weight is 370 g/mol. The van der Waals surface area contributed by atoms with Gasteiger partial charge in [0.2, 0.25) is 5.91 Å². The highest BCUT2D eigenvalue weighted by atomic mass is 16.2. The molecule has 0 spiro atoms. The number of likely N-dealkylation sites (tertiary alicyclic amines) is 1. The fourth-order valence-corrected chi connectivity index (χ4v) is 3.39. The molecule has 1 aliphatic heterocycles. The number of carbonyl (C=O) groups excluding carboxylic acids is 2. The first-order chi connectivity index (χ1) is 13.1. The van der Waals surface area contributed by atoms with E-state index in [0.717, 1.165) is 38.8 Å². The number of primary amides is 1. The molecule has 3 heterocycles. The highest BCUT2D eigenvalue weighted by Gasteiger charge is 2.27. The van der Waals surface area contributed by atoms with Crippen molar-refractivity contribution in [3.8, 4) is 0 Å². The van der Waals surface area contributed by atoms with Crippen LogP contribution in [0.25, 0.3) is 0 Å². The summed E-state index contributed by atoms with van der Waals surface area (Å²) < 4.78 is 1.91. The summed E-state index contributed by atoms with van der Waals surface area (Å²) in [6, 6.07) is 5.68. The lowest BCUT2D eigenvalue weighted by atomic mass is 9.98. The SMILES string of the molecule is NC(=O)CCNc1ccc(C(=O)N2CCCC[C@H]2CCn2cccn2)cn1. The first kappa shape index (κ1) is 18.9. The summed E-state index contributed by atoms with van der Waals surface area (Å²) in [5, 5.41) is 7.26. The van der Waals surface area contributed by atoms with Crippen molar-refractivity contribution in [2.75, 3.05) is 18.4 Å². The van der Waals surface area contributed by atoms with E-state index in [1.54, 1.807) is 24.5 Å². The number of hydrogen-bond acceptors (Lipinski definition) is 5. The van der Waals surface area contributed by atoms with E-state index in [1.807, 2.05) is 21.8 Å². The van der Waals surface area contributed by atoms with E-state index in [9.17, 15) is 9.59 Å². The van der Waals surface area contributed by atoms with Gasteiger partial charge in [0.05, 0.1) is 5.56 Å². The molecule has 0 bridgehead atoms. The number of amides is 2. The molecule has 3 rings (SSSR count). The maximum atomic E-state index is 13.0. The highest BCUT2D eigenvalue weighted by Crippen LogP contribution is 2.22. The molecule has 0 aromatic carbocycles. The zero-order valence-corrected chi connectivity index (χ0v) is 15.4. The Labute approximate surface area is 158 Å². The van der Waals surface area contributed by atoms with Crippen molar-refractivity contribution in [2.24, 2.45) is 5.73 Å². The minimum absolute atomic E-state index is 0.0244. The standard InChI is InChI=1S/C19H26N6O2/c20-17(26)7-10-21-18-6-5-15(14-22-18)19(27)25-12-2-1-4-16(25)8-13-24-11-3-9-23-24/h3,5-6,9,11,14,16H,1-2,4,7-8,10,12-13H2,(H2,20,26)(H,21,22)/t16-/m0/s1. The quantitative estimate of drug-likeness (QED) is 0.735. The van der Waals surface area contributed by atoms with E-state index in [0.29, 0.717) is 17.9 Å². The second kappa shape index (κ2) is 9.16. The van der Waals surface area contributed by atoms with Crippen LogP contribution in [0.15, 0.2) is 36.8 Å². The summed E-state index contributed by atoms with van der Waals surface area (Å²) in [6.07, 6.45) is 9.65. The Morgan fingerprint density at radius 3 is 2.89 bits per heavy atom. The van der Waals surface area contributed by atoms with Gasteiger partial charge in [-0.15, -0.1) is 0 Å². The summed E-state index contributed by atoms with van der Waals surface area (Å²) in [5.41, 5.74) is 5.70. The van der Waals surface area contributed by atoms with Crippen molar-refractivity contribution in [1.29, 1.82) is 0 Å². The van der Waals surface area contributed by atoms with Gasteiger partial charge in [0.15, 0.2) is 0 Å². The normalized spacial score (nSPS) is 16.9. The van der Waals surface area contributed by atoms with E-state index >= 15 is 0 Å². The van der Waals surface area contributed by atoms with Crippen LogP contribution in [0.1, 0.15) is 42.5 Å². The molecule has 0 unspecified atom stereocenters. The maximum Gasteiger partial charge on any atom is 0.255 e. The van der Waals surface area contributed by atoms with Crippen LogP contribution in [0.3, 0.4) is 0 Å². The molecular weight excluding hydrogens is 344 g/mol. The zero-order chi connectivity index (χ0) is 19.1. The minimum atomic E-state index is -0.361. The number of aromatic nitrogens is 3. The molecule has 27 heavy (non-hydrogen) atoms. The number of piperidine rings is 1. The van der Waals surface area contributed by atoms with Gasteiger partial charge < -0.3 is 16.0 Å². The van der Waals surface area contributed by atoms with E-state index in [2.05, 4.69) is 15.4 Å². The van der Waals surface area contributed by atoms with Gasteiger partial charge >= 0.3 is 0 Å². The molecule has 3 N–H and O–H groups in total. The third kappa shape index (κ3) is 5.29. The second-order valence-electron chi connectivity index (χ2n) is 6.78. The van der Waals surface area contributed by atoms with E-state index in [1.165, 1.54) is 0 Å². The molecule has 0 aliphatic carbocycles. The maximum absolute atomic E-state index is 13.0. The van der Waals surface area contributed by atoms with Crippen molar-refractivity contribution in [1.82, 2.24) is 19.7 Å². The molecule has 0 radical (unpaired) electrons. The molecule has 8 heteroatoms. The summed E-state index contributed by atoms with van der Waals surface area (Å²) in [5.74, 6) is 0.290. The largest absolute Gasteiger partial charge is 0.370 e. The molecular formula is C19H26N6O2. The van der Waals surface area contributed by atoms with Crippen molar-refractivity contribution in [3.05, 3.63) is 42.4 Å². The Balaban J connectivity index is 1.59. The number of pyridine rings is 1. The topological polar surface area (TPSA) is 106 Å². The molecule has 2 aromatic heterocycles.